The topological polar surface area (TPSA) is 117 Å². The van der Waals surface area contributed by atoms with E-state index in [1.165, 1.54) is 30.3 Å². The molecule has 0 saturated carbocycles. The number of hydrogen-bond donors (Lipinski definition) is 1. The Bertz CT molecular complexity index is 915. The number of carbonyl (C=O) groups excluding carboxylic acids is 2. The molecule has 0 amide bonds. The average molecular weight is 302 g/mol. The van der Waals surface area contributed by atoms with E-state index in [1.54, 1.807) is 0 Å². The molecule has 1 aliphatic carbocycles. The highest BCUT2D eigenvalue weighted by Crippen LogP contribution is 2.33. The first-order chi connectivity index (χ1) is 9.82. The third kappa shape index (κ3) is 1.86. The highest BCUT2D eigenvalue weighted by Gasteiger charge is 2.33. The number of fused-ring (bicyclic) bond motifs is 2. The second-order valence-electron chi connectivity index (χ2n) is 4.56. The van der Waals surface area contributed by atoms with E-state index in [0.29, 0.717) is 0 Å². The Morgan fingerprint density at radius 2 is 1.38 bits per heavy atom. The second-order valence-corrected chi connectivity index (χ2v) is 5.91. The molecule has 0 unspecified atom stereocenters. The maximum atomic E-state index is 12.5. The van der Waals surface area contributed by atoms with Crippen LogP contribution >= 0.6 is 0 Å². The van der Waals surface area contributed by atoms with Gasteiger partial charge in [-0.25, -0.2) is 8.42 Å². The van der Waals surface area contributed by atoms with Gasteiger partial charge in [-0.1, -0.05) is 24.3 Å². The molecular formula is C14H8NO5S-. The fourth-order valence-corrected chi connectivity index (χ4v) is 3.14. The van der Waals surface area contributed by atoms with Gasteiger partial charge in [-0.05, 0) is 12.1 Å². The molecule has 21 heavy (non-hydrogen) atoms. The molecule has 1 aliphatic rings. The van der Waals surface area contributed by atoms with E-state index in [2.05, 4.69) is 0 Å². The van der Waals surface area contributed by atoms with Crippen molar-refractivity contribution in [3.05, 3.63) is 58.7 Å². The number of nitrogen functional groups attached to an aromatic ring is 1. The third-order valence-corrected chi connectivity index (χ3v) is 4.21. The zero-order valence-corrected chi connectivity index (χ0v) is 11.3. The van der Waals surface area contributed by atoms with Gasteiger partial charge in [-0.3, -0.25) is 9.59 Å². The lowest BCUT2D eigenvalue weighted by Gasteiger charge is -2.22. The first kappa shape index (κ1) is 13.5. The van der Waals surface area contributed by atoms with Gasteiger partial charge in [0.25, 0.3) is 0 Å². The van der Waals surface area contributed by atoms with E-state index in [0.717, 1.165) is 6.07 Å². The molecule has 0 atom stereocenters. The quantitative estimate of drug-likeness (QED) is 0.528. The van der Waals surface area contributed by atoms with Crippen LogP contribution in [0.25, 0.3) is 0 Å². The van der Waals surface area contributed by atoms with Crippen LogP contribution in [0.3, 0.4) is 0 Å². The van der Waals surface area contributed by atoms with Crippen molar-refractivity contribution >= 4 is 27.4 Å². The Morgan fingerprint density at radius 3 is 2.00 bits per heavy atom. The Kier molecular flexibility index (Phi) is 2.72. The summed E-state index contributed by atoms with van der Waals surface area (Å²) >= 11 is 0. The van der Waals surface area contributed by atoms with Crippen molar-refractivity contribution in [2.45, 2.75) is 4.90 Å². The number of carbonyl (C=O) groups is 2. The van der Waals surface area contributed by atoms with Gasteiger partial charge in [0, 0.05) is 16.8 Å². The molecule has 0 aromatic heterocycles. The van der Waals surface area contributed by atoms with Crippen molar-refractivity contribution in [3.63, 3.8) is 0 Å². The van der Waals surface area contributed by atoms with Gasteiger partial charge >= 0.3 is 0 Å². The fraction of sp³-hybridized carbons (Fsp3) is 0. The molecule has 6 nitrogen and oxygen atoms in total. The van der Waals surface area contributed by atoms with Crippen molar-refractivity contribution in [2.24, 2.45) is 0 Å². The van der Waals surface area contributed by atoms with Gasteiger partial charge in [0.05, 0.1) is 16.0 Å². The van der Waals surface area contributed by atoms with E-state index >= 15 is 0 Å². The number of benzene rings is 2. The minimum absolute atomic E-state index is 0.00333. The summed E-state index contributed by atoms with van der Waals surface area (Å²) in [6.07, 6.45) is 0. The van der Waals surface area contributed by atoms with E-state index < -0.39 is 26.6 Å². The Balaban J connectivity index is 2.42. The van der Waals surface area contributed by atoms with Crippen LogP contribution in [0.1, 0.15) is 31.8 Å². The lowest BCUT2D eigenvalue weighted by atomic mass is 9.83. The first-order valence-corrected chi connectivity index (χ1v) is 7.30. The lowest BCUT2D eigenvalue weighted by Crippen LogP contribution is -2.24. The van der Waals surface area contributed by atoms with E-state index in [-0.39, 0.29) is 27.9 Å². The Hall–Kier alpha value is -2.51. The normalized spacial score (nSPS) is 13.8. The third-order valence-electron chi connectivity index (χ3n) is 3.34. The lowest BCUT2D eigenvalue weighted by molar-refractivity contribution is 0.0977. The molecule has 2 aromatic carbocycles. The van der Waals surface area contributed by atoms with Gasteiger partial charge in [0.15, 0.2) is 11.6 Å². The number of ketones is 2. The zero-order valence-electron chi connectivity index (χ0n) is 10.5. The van der Waals surface area contributed by atoms with Gasteiger partial charge in [0.2, 0.25) is 0 Å². The molecule has 0 saturated heterocycles. The van der Waals surface area contributed by atoms with Crippen molar-refractivity contribution in [3.8, 4) is 0 Å². The van der Waals surface area contributed by atoms with Gasteiger partial charge in [0.1, 0.15) is 10.1 Å². The minimum Gasteiger partial charge on any atom is -0.744 e. The van der Waals surface area contributed by atoms with Crippen LogP contribution in [0.4, 0.5) is 5.69 Å². The summed E-state index contributed by atoms with van der Waals surface area (Å²) in [6, 6.07) is 7.91. The van der Waals surface area contributed by atoms with E-state index in [1.807, 2.05) is 0 Å². The SMILES string of the molecule is Nc1cccc2c1C(=O)c1cccc(S(=O)(=O)[O-])c1C2=O. The molecular weight excluding hydrogens is 294 g/mol. The highest BCUT2D eigenvalue weighted by atomic mass is 32.2. The van der Waals surface area contributed by atoms with Crippen molar-refractivity contribution in [1.82, 2.24) is 0 Å². The van der Waals surface area contributed by atoms with Crippen LogP contribution in [-0.2, 0) is 10.1 Å². The molecule has 2 N–H and O–H groups in total. The summed E-state index contributed by atoms with van der Waals surface area (Å²) < 4.78 is 33.9. The summed E-state index contributed by atoms with van der Waals surface area (Å²) in [5.41, 5.74) is 5.39. The summed E-state index contributed by atoms with van der Waals surface area (Å²) in [6.45, 7) is 0. The molecule has 0 aliphatic heterocycles. The molecule has 7 heteroatoms. The monoisotopic (exact) mass is 302 g/mol. The van der Waals surface area contributed by atoms with Crippen LogP contribution in [-0.4, -0.2) is 24.5 Å². The highest BCUT2D eigenvalue weighted by molar-refractivity contribution is 7.85. The van der Waals surface area contributed by atoms with Crippen molar-refractivity contribution < 1.29 is 22.6 Å². The Labute approximate surface area is 120 Å². The summed E-state index contributed by atoms with van der Waals surface area (Å²) in [7, 11) is -4.87. The minimum atomic E-state index is -4.87. The smallest absolute Gasteiger partial charge is 0.196 e. The van der Waals surface area contributed by atoms with E-state index in [4.69, 9.17) is 5.73 Å². The summed E-state index contributed by atoms with van der Waals surface area (Å²) in [5, 5.41) is 0. The molecule has 2 aromatic rings. The molecule has 106 valence electrons. The van der Waals surface area contributed by atoms with E-state index in [9.17, 15) is 22.6 Å². The molecule has 0 spiro atoms. The second kappa shape index (κ2) is 4.24. The molecule has 0 heterocycles. The molecule has 0 fully saturated rings. The predicted molar refractivity (Wildman–Crippen MR) is 72.1 cm³/mol. The van der Waals surface area contributed by atoms with Gasteiger partial charge < -0.3 is 10.3 Å². The first-order valence-electron chi connectivity index (χ1n) is 5.89. The van der Waals surface area contributed by atoms with Crippen LogP contribution < -0.4 is 5.73 Å². The molecule has 3 rings (SSSR count). The van der Waals surface area contributed by atoms with Gasteiger partial charge in [-0.2, -0.15) is 0 Å². The number of anilines is 1. The maximum absolute atomic E-state index is 12.5. The largest absolute Gasteiger partial charge is 0.744 e. The van der Waals surface area contributed by atoms with Crippen LogP contribution in [0.5, 0.6) is 0 Å². The van der Waals surface area contributed by atoms with Crippen molar-refractivity contribution in [2.75, 3.05) is 5.73 Å². The van der Waals surface area contributed by atoms with Gasteiger partial charge in [-0.15, -0.1) is 0 Å². The zero-order chi connectivity index (χ0) is 15.4. The maximum Gasteiger partial charge on any atom is 0.196 e. The van der Waals surface area contributed by atoms with Crippen LogP contribution in [0.2, 0.25) is 0 Å². The number of hydrogen-bond acceptors (Lipinski definition) is 6. The molecule has 0 bridgehead atoms. The number of nitrogens with two attached hydrogens (primary N) is 1. The molecule has 0 radical (unpaired) electrons. The fourth-order valence-electron chi connectivity index (χ4n) is 2.45. The standard InChI is InChI=1S/C14H9NO5S/c15-9-5-1-3-7-11(9)13(16)8-4-2-6-10(21(18,19)20)12(8)14(7)17/h1-6H,15H2,(H,18,19,20)/p-1. The van der Waals surface area contributed by atoms with Crippen LogP contribution in [0.15, 0.2) is 41.3 Å². The van der Waals surface area contributed by atoms with Crippen molar-refractivity contribution in [1.29, 1.82) is 0 Å². The average Bonchev–Trinajstić information content (AvgIpc) is 2.43. The summed E-state index contributed by atoms with van der Waals surface area (Å²) in [4.78, 5) is 24.2. The van der Waals surface area contributed by atoms with Crippen LogP contribution in [0, 0.1) is 0 Å². The number of rotatable bonds is 1. The summed E-state index contributed by atoms with van der Waals surface area (Å²) in [5.74, 6) is -1.26. The Morgan fingerprint density at radius 1 is 0.857 bits per heavy atom. The predicted octanol–water partition coefficient (Wildman–Crippen LogP) is 0.948.